The molecule has 0 spiro atoms. The number of carbonyl (C=O) groups excluding carboxylic acids is 1. The van der Waals surface area contributed by atoms with Crippen molar-refractivity contribution in [3.63, 3.8) is 0 Å². The molecule has 0 aliphatic rings. The number of rotatable bonds is 7. The fourth-order valence-corrected chi connectivity index (χ4v) is 3.97. The van der Waals surface area contributed by atoms with Gasteiger partial charge in [0, 0.05) is 17.5 Å². The van der Waals surface area contributed by atoms with E-state index in [4.69, 9.17) is 20.8 Å². The Morgan fingerprint density at radius 2 is 1.83 bits per heavy atom. The summed E-state index contributed by atoms with van der Waals surface area (Å²) in [6, 6.07) is 14.0. The third kappa shape index (κ3) is 5.40. The van der Waals surface area contributed by atoms with Crippen molar-refractivity contribution in [2.75, 3.05) is 17.1 Å². The number of furan rings is 1. The highest BCUT2D eigenvalue weighted by Crippen LogP contribution is 2.27. The number of methoxy groups -OCH3 is 1. The van der Waals surface area contributed by atoms with Crippen LogP contribution in [0.4, 0.5) is 11.4 Å². The van der Waals surface area contributed by atoms with Crippen molar-refractivity contribution in [3.8, 4) is 5.75 Å². The molecule has 7 nitrogen and oxygen atoms in total. The van der Waals surface area contributed by atoms with Gasteiger partial charge >= 0.3 is 0 Å². The van der Waals surface area contributed by atoms with Gasteiger partial charge < -0.3 is 14.5 Å². The molecular formula is C20H17ClN2O5S. The molecule has 2 aromatic carbocycles. The van der Waals surface area contributed by atoms with Crippen molar-refractivity contribution in [1.29, 1.82) is 0 Å². The highest BCUT2D eigenvalue weighted by molar-refractivity contribution is 7.92. The molecule has 1 aromatic heterocycles. The Balaban J connectivity index is 1.77. The summed E-state index contributed by atoms with van der Waals surface area (Å²) >= 11 is 6.08. The van der Waals surface area contributed by atoms with E-state index in [0.29, 0.717) is 17.2 Å². The highest BCUT2D eigenvalue weighted by atomic mass is 35.5. The monoisotopic (exact) mass is 432 g/mol. The number of carbonyl (C=O) groups is 1. The van der Waals surface area contributed by atoms with Crippen molar-refractivity contribution in [1.82, 2.24) is 0 Å². The third-order valence-electron chi connectivity index (χ3n) is 3.77. The lowest BCUT2D eigenvalue weighted by Crippen LogP contribution is -2.14. The number of anilines is 2. The molecule has 0 saturated heterocycles. The molecular weight excluding hydrogens is 416 g/mol. The largest absolute Gasteiger partial charge is 0.497 e. The van der Waals surface area contributed by atoms with Gasteiger partial charge in [0.05, 0.1) is 18.4 Å². The fraction of sp³-hybridized carbons (Fsp3) is 0.0500. The van der Waals surface area contributed by atoms with Crippen LogP contribution in [0.5, 0.6) is 5.75 Å². The number of hydrogen-bond acceptors (Lipinski definition) is 5. The molecule has 0 bridgehead atoms. The Kier molecular flexibility index (Phi) is 6.26. The summed E-state index contributed by atoms with van der Waals surface area (Å²) < 4.78 is 38.1. The molecule has 9 heteroatoms. The van der Waals surface area contributed by atoms with Crippen molar-refractivity contribution in [3.05, 3.63) is 77.7 Å². The third-order valence-corrected chi connectivity index (χ3v) is 5.64. The molecule has 150 valence electrons. The second-order valence-corrected chi connectivity index (χ2v) is 7.88. The lowest BCUT2D eigenvalue weighted by molar-refractivity contribution is -0.111. The highest BCUT2D eigenvalue weighted by Gasteiger charge is 2.19. The van der Waals surface area contributed by atoms with Crippen molar-refractivity contribution >= 4 is 45.0 Å². The number of benzene rings is 2. The van der Waals surface area contributed by atoms with Gasteiger partial charge in [0.25, 0.3) is 10.0 Å². The first-order valence-corrected chi connectivity index (χ1v) is 10.2. The Hall–Kier alpha value is -3.23. The summed E-state index contributed by atoms with van der Waals surface area (Å²) in [5, 5.41) is 2.61. The average molecular weight is 433 g/mol. The van der Waals surface area contributed by atoms with Gasteiger partial charge in [-0.2, -0.15) is 0 Å². The second-order valence-electron chi connectivity index (χ2n) is 5.82. The van der Waals surface area contributed by atoms with Gasteiger partial charge in [-0.05, 0) is 60.7 Å². The van der Waals surface area contributed by atoms with Gasteiger partial charge in [-0.3, -0.25) is 9.52 Å². The molecule has 0 radical (unpaired) electrons. The van der Waals surface area contributed by atoms with Crippen molar-refractivity contribution < 1.29 is 22.4 Å². The van der Waals surface area contributed by atoms with E-state index in [0.717, 1.165) is 0 Å². The van der Waals surface area contributed by atoms with Gasteiger partial charge in [0.15, 0.2) is 0 Å². The van der Waals surface area contributed by atoms with E-state index >= 15 is 0 Å². The van der Waals surface area contributed by atoms with Gasteiger partial charge in [-0.15, -0.1) is 0 Å². The van der Waals surface area contributed by atoms with E-state index in [1.165, 1.54) is 43.7 Å². The molecule has 0 atom stereocenters. The average Bonchev–Trinajstić information content (AvgIpc) is 3.22. The van der Waals surface area contributed by atoms with E-state index < -0.39 is 15.9 Å². The Morgan fingerprint density at radius 3 is 2.48 bits per heavy atom. The lowest BCUT2D eigenvalue weighted by Gasteiger charge is -2.12. The van der Waals surface area contributed by atoms with Crippen LogP contribution < -0.4 is 14.8 Å². The summed E-state index contributed by atoms with van der Waals surface area (Å²) in [5.74, 6) is 0.664. The Morgan fingerprint density at radius 1 is 1.10 bits per heavy atom. The van der Waals surface area contributed by atoms with Crippen molar-refractivity contribution in [2.45, 2.75) is 4.90 Å². The van der Waals surface area contributed by atoms with Crippen LogP contribution in [0.3, 0.4) is 0 Å². The van der Waals surface area contributed by atoms with Crippen LogP contribution in [0, 0.1) is 0 Å². The standard InChI is InChI=1S/C20H17ClN2O5S/c1-27-16-7-4-14(5-8-16)23-29(25,26)19-13-15(6-10-18(19)21)22-20(24)11-9-17-3-2-12-28-17/h2-13,23H,1H3,(H,22,24)/b11-9+. The summed E-state index contributed by atoms with van der Waals surface area (Å²) in [7, 11) is -2.46. The maximum atomic E-state index is 12.7. The maximum Gasteiger partial charge on any atom is 0.263 e. The smallest absolute Gasteiger partial charge is 0.263 e. The first-order valence-electron chi connectivity index (χ1n) is 8.36. The van der Waals surface area contributed by atoms with E-state index in [1.54, 1.807) is 36.4 Å². The molecule has 1 heterocycles. The number of hydrogen-bond donors (Lipinski definition) is 2. The molecule has 0 fully saturated rings. The quantitative estimate of drug-likeness (QED) is 0.539. The molecule has 3 rings (SSSR count). The van der Waals surface area contributed by atoms with Crippen LogP contribution in [-0.4, -0.2) is 21.4 Å². The number of halogens is 1. The molecule has 2 N–H and O–H groups in total. The van der Waals surface area contributed by atoms with Crippen LogP contribution in [-0.2, 0) is 14.8 Å². The molecule has 1 amide bonds. The van der Waals surface area contributed by atoms with Crippen LogP contribution in [0.25, 0.3) is 6.08 Å². The van der Waals surface area contributed by atoms with Gasteiger partial charge in [0.2, 0.25) is 5.91 Å². The topological polar surface area (TPSA) is 97.6 Å². The number of amides is 1. The Labute approximate surface area is 173 Å². The zero-order valence-corrected chi connectivity index (χ0v) is 16.8. The molecule has 29 heavy (non-hydrogen) atoms. The number of sulfonamides is 1. The molecule has 3 aromatic rings. The van der Waals surface area contributed by atoms with Gasteiger partial charge in [-0.25, -0.2) is 8.42 Å². The SMILES string of the molecule is COc1ccc(NS(=O)(=O)c2cc(NC(=O)/C=C/c3ccco3)ccc2Cl)cc1. The number of ether oxygens (including phenoxy) is 1. The van der Waals surface area contributed by atoms with E-state index in [9.17, 15) is 13.2 Å². The summed E-state index contributed by atoms with van der Waals surface area (Å²) in [5.41, 5.74) is 0.622. The predicted molar refractivity (Wildman–Crippen MR) is 112 cm³/mol. The minimum atomic E-state index is -3.98. The van der Waals surface area contributed by atoms with Gasteiger partial charge in [0.1, 0.15) is 16.4 Å². The Bertz CT molecular complexity index is 1120. The molecule has 0 aliphatic heterocycles. The van der Waals surface area contributed by atoms with E-state index in [1.807, 2.05) is 0 Å². The van der Waals surface area contributed by atoms with Gasteiger partial charge in [-0.1, -0.05) is 11.6 Å². The molecule has 0 aliphatic carbocycles. The maximum absolute atomic E-state index is 12.7. The minimum Gasteiger partial charge on any atom is -0.497 e. The normalized spacial score (nSPS) is 11.4. The molecule has 0 saturated carbocycles. The lowest BCUT2D eigenvalue weighted by atomic mass is 10.3. The first kappa shape index (κ1) is 20.5. The summed E-state index contributed by atoms with van der Waals surface area (Å²) in [6.07, 6.45) is 4.26. The minimum absolute atomic E-state index is 0.0233. The van der Waals surface area contributed by atoms with Crippen LogP contribution >= 0.6 is 11.6 Å². The summed E-state index contributed by atoms with van der Waals surface area (Å²) in [4.78, 5) is 11.9. The summed E-state index contributed by atoms with van der Waals surface area (Å²) in [6.45, 7) is 0. The fourth-order valence-electron chi connectivity index (χ4n) is 2.38. The van der Waals surface area contributed by atoms with Crippen LogP contribution in [0.1, 0.15) is 5.76 Å². The zero-order valence-electron chi connectivity index (χ0n) is 15.3. The van der Waals surface area contributed by atoms with Crippen molar-refractivity contribution in [2.24, 2.45) is 0 Å². The van der Waals surface area contributed by atoms with Crippen LogP contribution in [0.2, 0.25) is 5.02 Å². The van der Waals surface area contributed by atoms with Crippen LogP contribution in [0.15, 0.2) is 76.2 Å². The first-order chi connectivity index (χ1) is 13.9. The van der Waals surface area contributed by atoms with E-state index in [-0.39, 0.29) is 15.6 Å². The van der Waals surface area contributed by atoms with E-state index in [2.05, 4.69) is 10.0 Å². The second kappa shape index (κ2) is 8.85. The molecule has 0 unspecified atom stereocenters. The number of nitrogens with one attached hydrogen (secondary N) is 2. The zero-order chi connectivity index (χ0) is 20.9. The predicted octanol–water partition coefficient (Wildman–Crippen LogP) is 4.39.